The Kier molecular flexibility index (Phi) is 4.20. The summed E-state index contributed by atoms with van der Waals surface area (Å²) in [7, 11) is 0. The Morgan fingerprint density at radius 2 is 2.12 bits per heavy atom. The number of para-hydroxylation sites is 1. The lowest BCUT2D eigenvalue weighted by atomic mass is 10.1. The Hall–Kier alpha value is -2.74. The number of carbonyl (C=O) groups excluding carboxylic acids is 1. The summed E-state index contributed by atoms with van der Waals surface area (Å²) in [5.74, 6) is 7.09. The average molecular weight is 369 g/mol. The predicted molar refractivity (Wildman–Crippen MR) is 100 cm³/mol. The van der Waals surface area contributed by atoms with E-state index in [0.717, 1.165) is 12.1 Å². The molecule has 0 fully saturated rings. The highest BCUT2D eigenvalue weighted by Crippen LogP contribution is 2.34. The Morgan fingerprint density at radius 3 is 2.88 bits per heavy atom. The third-order valence-electron chi connectivity index (χ3n) is 4.48. The molecular formula is C18H19N5O2S. The van der Waals surface area contributed by atoms with Crippen LogP contribution < -0.4 is 10.7 Å². The van der Waals surface area contributed by atoms with Crippen LogP contribution in [0.15, 0.2) is 52.2 Å². The molecule has 26 heavy (non-hydrogen) atoms. The molecule has 1 amide bonds. The number of furan rings is 1. The maximum absolute atomic E-state index is 13.1. The number of amides is 1. The van der Waals surface area contributed by atoms with Crippen LogP contribution in [0.25, 0.3) is 11.6 Å². The van der Waals surface area contributed by atoms with E-state index < -0.39 is 0 Å². The number of nitrogens with two attached hydrogens (primary N) is 1. The van der Waals surface area contributed by atoms with Crippen LogP contribution in [0.2, 0.25) is 0 Å². The molecule has 3 aromatic rings. The van der Waals surface area contributed by atoms with Gasteiger partial charge in [0.05, 0.1) is 11.5 Å². The molecule has 0 bridgehead atoms. The first-order valence-electron chi connectivity index (χ1n) is 8.38. The summed E-state index contributed by atoms with van der Waals surface area (Å²) >= 11 is 1.29. The molecule has 1 aromatic carbocycles. The van der Waals surface area contributed by atoms with Gasteiger partial charge in [-0.25, -0.2) is 4.68 Å². The lowest BCUT2D eigenvalue weighted by molar-refractivity contribution is -0.118. The molecule has 3 heterocycles. The van der Waals surface area contributed by atoms with E-state index in [9.17, 15) is 4.79 Å². The second-order valence-electron chi connectivity index (χ2n) is 6.30. The largest absolute Gasteiger partial charge is 0.461 e. The second-order valence-corrected chi connectivity index (χ2v) is 7.61. The van der Waals surface area contributed by atoms with Crippen molar-refractivity contribution in [3.05, 3.63) is 48.2 Å². The van der Waals surface area contributed by atoms with Crippen molar-refractivity contribution in [1.82, 2.24) is 14.9 Å². The monoisotopic (exact) mass is 369 g/mol. The molecule has 2 aromatic heterocycles. The number of fused-ring (bicyclic) bond motifs is 1. The molecule has 0 saturated carbocycles. The van der Waals surface area contributed by atoms with E-state index in [0.29, 0.717) is 16.7 Å². The third-order valence-corrected chi connectivity index (χ3v) is 5.53. The zero-order valence-corrected chi connectivity index (χ0v) is 15.3. The first-order chi connectivity index (χ1) is 12.6. The molecule has 7 nitrogen and oxygen atoms in total. The molecule has 0 saturated heterocycles. The highest BCUT2D eigenvalue weighted by atomic mass is 32.2. The fraction of sp³-hybridized carbons (Fsp3) is 0.278. The van der Waals surface area contributed by atoms with Gasteiger partial charge in [-0.15, -0.1) is 10.2 Å². The lowest BCUT2D eigenvalue weighted by Crippen LogP contribution is -2.40. The van der Waals surface area contributed by atoms with Gasteiger partial charge in [0.2, 0.25) is 16.9 Å². The molecule has 4 rings (SSSR count). The minimum atomic E-state index is -0.348. The number of benzene rings is 1. The maximum atomic E-state index is 13.1. The molecule has 1 aliphatic rings. The standard InChI is InChI=1S/C18H19N5O2S/c1-11-10-13-6-3-4-7-14(13)22(11)17(24)12(2)26-18-21-20-16(23(18)19)15-8-5-9-25-15/h3-9,11-12H,10,19H2,1-2H3/t11-,12-/m0/s1. The molecule has 0 spiro atoms. The molecule has 0 unspecified atom stereocenters. The molecule has 134 valence electrons. The van der Waals surface area contributed by atoms with Crippen LogP contribution in [0.3, 0.4) is 0 Å². The average Bonchev–Trinajstić information content (AvgIpc) is 3.33. The molecule has 0 aliphatic carbocycles. The van der Waals surface area contributed by atoms with Crippen molar-refractivity contribution in [1.29, 1.82) is 0 Å². The quantitative estimate of drug-likeness (QED) is 0.562. The van der Waals surface area contributed by atoms with Gasteiger partial charge in [0.25, 0.3) is 0 Å². The van der Waals surface area contributed by atoms with E-state index in [1.807, 2.05) is 30.0 Å². The maximum Gasteiger partial charge on any atom is 0.240 e. The smallest absolute Gasteiger partial charge is 0.240 e. The zero-order chi connectivity index (χ0) is 18.3. The van der Waals surface area contributed by atoms with Crippen LogP contribution in [0.5, 0.6) is 0 Å². The number of nitrogens with zero attached hydrogens (tertiary/aromatic N) is 4. The molecule has 2 N–H and O–H groups in total. The van der Waals surface area contributed by atoms with Gasteiger partial charge in [0.15, 0.2) is 5.76 Å². The number of carbonyl (C=O) groups is 1. The fourth-order valence-electron chi connectivity index (χ4n) is 3.24. The summed E-state index contributed by atoms with van der Waals surface area (Å²) in [5, 5.41) is 8.29. The van der Waals surface area contributed by atoms with Gasteiger partial charge in [0.1, 0.15) is 0 Å². The van der Waals surface area contributed by atoms with Gasteiger partial charge < -0.3 is 15.2 Å². The summed E-state index contributed by atoms with van der Waals surface area (Å²) in [6.45, 7) is 3.93. The number of hydrogen-bond acceptors (Lipinski definition) is 6. The third kappa shape index (κ3) is 2.76. The van der Waals surface area contributed by atoms with Crippen molar-refractivity contribution in [3.8, 4) is 11.6 Å². The molecule has 2 atom stereocenters. The minimum Gasteiger partial charge on any atom is -0.461 e. The van der Waals surface area contributed by atoms with Crippen LogP contribution in [-0.4, -0.2) is 32.1 Å². The number of hydrogen-bond donors (Lipinski definition) is 1. The van der Waals surface area contributed by atoms with Gasteiger partial charge in [-0.3, -0.25) is 4.79 Å². The van der Waals surface area contributed by atoms with Gasteiger partial charge in [0, 0.05) is 11.7 Å². The second kappa shape index (κ2) is 6.53. The Bertz CT molecular complexity index is 937. The number of nitrogen functional groups attached to an aromatic ring is 1. The number of anilines is 1. The lowest BCUT2D eigenvalue weighted by Gasteiger charge is -2.25. The van der Waals surface area contributed by atoms with Crippen LogP contribution in [0.1, 0.15) is 19.4 Å². The van der Waals surface area contributed by atoms with Crippen LogP contribution in [0.4, 0.5) is 5.69 Å². The van der Waals surface area contributed by atoms with Crippen molar-refractivity contribution >= 4 is 23.4 Å². The first-order valence-corrected chi connectivity index (χ1v) is 9.26. The van der Waals surface area contributed by atoms with Crippen molar-refractivity contribution < 1.29 is 9.21 Å². The summed E-state index contributed by atoms with van der Waals surface area (Å²) in [4.78, 5) is 14.9. The zero-order valence-electron chi connectivity index (χ0n) is 14.5. The highest BCUT2D eigenvalue weighted by Gasteiger charge is 2.34. The number of aromatic nitrogens is 3. The number of rotatable bonds is 4. The highest BCUT2D eigenvalue weighted by molar-refractivity contribution is 8.00. The molecule has 0 radical (unpaired) electrons. The van der Waals surface area contributed by atoms with Gasteiger partial charge in [-0.2, -0.15) is 0 Å². The van der Waals surface area contributed by atoms with E-state index in [2.05, 4.69) is 23.2 Å². The first kappa shape index (κ1) is 16.7. The van der Waals surface area contributed by atoms with Crippen molar-refractivity contribution in [2.75, 3.05) is 10.7 Å². The normalized spacial score (nSPS) is 17.3. The van der Waals surface area contributed by atoms with Gasteiger partial charge in [-0.1, -0.05) is 30.0 Å². The van der Waals surface area contributed by atoms with Crippen LogP contribution >= 0.6 is 11.8 Å². The summed E-state index contributed by atoms with van der Waals surface area (Å²) < 4.78 is 6.67. The number of thioether (sulfide) groups is 1. The van der Waals surface area contributed by atoms with Crippen molar-refractivity contribution in [2.24, 2.45) is 0 Å². The van der Waals surface area contributed by atoms with E-state index in [-0.39, 0.29) is 17.2 Å². The SMILES string of the molecule is C[C@H](Sc1nnc(-c2ccco2)n1N)C(=O)N1c2ccccc2C[C@@H]1C. The molecular weight excluding hydrogens is 350 g/mol. The van der Waals surface area contributed by atoms with E-state index >= 15 is 0 Å². The van der Waals surface area contributed by atoms with Crippen molar-refractivity contribution in [2.45, 2.75) is 36.7 Å². The van der Waals surface area contributed by atoms with Crippen LogP contribution in [0, 0.1) is 0 Å². The van der Waals surface area contributed by atoms with Crippen LogP contribution in [-0.2, 0) is 11.2 Å². The van der Waals surface area contributed by atoms with Gasteiger partial charge in [-0.05, 0) is 44.0 Å². The molecule has 1 aliphatic heterocycles. The summed E-state index contributed by atoms with van der Waals surface area (Å²) in [6, 6.07) is 11.7. The fourth-order valence-corrected chi connectivity index (χ4v) is 4.06. The van der Waals surface area contributed by atoms with E-state index in [4.69, 9.17) is 10.3 Å². The summed E-state index contributed by atoms with van der Waals surface area (Å²) in [5.41, 5.74) is 2.19. The Labute approximate surface area is 155 Å². The predicted octanol–water partition coefficient (Wildman–Crippen LogP) is 2.71. The topological polar surface area (TPSA) is 90.2 Å². The molecule has 8 heteroatoms. The van der Waals surface area contributed by atoms with E-state index in [1.54, 1.807) is 18.4 Å². The van der Waals surface area contributed by atoms with E-state index in [1.165, 1.54) is 22.0 Å². The summed E-state index contributed by atoms with van der Waals surface area (Å²) in [6.07, 6.45) is 2.42. The Morgan fingerprint density at radius 1 is 1.31 bits per heavy atom. The Balaban J connectivity index is 1.54. The minimum absolute atomic E-state index is 0.0370. The van der Waals surface area contributed by atoms with Crippen molar-refractivity contribution in [3.63, 3.8) is 0 Å². The van der Waals surface area contributed by atoms with Gasteiger partial charge >= 0.3 is 0 Å².